The summed E-state index contributed by atoms with van der Waals surface area (Å²) in [7, 11) is 0. The lowest BCUT2D eigenvalue weighted by atomic mass is 10.1. The number of halogens is 3. The summed E-state index contributed by atoms with van der Waals surface area (Å²) < 4.78 is 40.5. The second kappa shape index (κ2) is 8.08. The van der Waals surface area contributed by atoms with Gasteiger partial charge < -0.3 is 10.1 Å². The average molecular weight is 374 g/mol. The number of hydrogen-bond acceptors (Lipinski definition) is 5. The standard InChI is InChI=1S/C15H13F3N2O4S/c16-15(17,18)9-24-8-11-3-1-10(2-4-11)7-19-14(21)12-5-6-13(25-12)20(22)23/h1-6H,7-9H2,(H,19,21). The minimum absolute atomic E-state index is 0.117. The Kier molecular flexibility index (Phi) is 6.10. The highest BCUT2D eigenvalue weighted by atomic mass is 32.1. The first-order chi connectivity index (χ1) is 11.7. The monoisotopic (exact) mass is 374 g/mol. The lowest BCUT2D eigenvalue weighted by Gasteiger charge is -2.08. The van der Waals surface area contributed by atoms with Crippen LogP contribution in [0.15, 0.2) is 36.4 Å². The number of carbonyl (C=O) groups is 1. The lowest BCUT2D eigenvalue weighted by Crippen LogP contribution is -2.21. The van der Waals surface area contributed by atoms with Crippen molar-refractivity contribution in [2.45, 2.75) is 19.3 Å². The quantitative estimate of drug-likeness (QED) is 0.592. The van der Waals surface area contributed by atoms with Gasteiger partial charge in [0.1, 0.15) is 6.61 Å². The van der Waals surface area contributed by atoms with Crippen molar-refractivity contribution in [1.29, 1.82) is 0 Å². The van der Waals surface area contributed by atoms with Gasteiger partial charge in [0.05, 0.1) is 16.4 Å². The zero-order valence-corrected chi connectivity index (χ0v) is 13.5. The highest BCUT2D eigenvalue weighted by Crippen LogP contribution is 2.23. The normalized spacial score (nSPS) is 11.3. The highest BCUT2D eigenvalue weighted by Gasteiger charge is 2.27. The first-order valence-corrected chi connectivity index (χ1v) is 7.81. The van der Waals surface area contributed by atoms with Crippen LogP contribution in [0.2, 0.25) is 0 Å². The maximum Gasteiger partial charge on any atom is 0.411 e. The molecule has 0 saturated carbocycles. The number of alkyl halides is 3. The van der Waals surface area contributed by atoms with Crippen LogP contribution >= 0.6 is 11.3 Å². The van der Waals surface area contributed by atoms with Crippen molar-refractivity contribution in [1.82, 2.24) is 5.32 Å². The molecule has 0 atom stereocenters. The third-order valence-electron chi connectivity index (χ3n) is 3.01. The van der Waals surface area contributed by atoms with Crippen LogP contribution < -0.4 is 5.32 Å². The fraction of sp³-hybridized carbons (Fsp3) is 0.267. The van der Waals surface area contributed by atoms with Gasteiger partial charge in [-0.15, -0.1) is 0 Å². The summed E-state index contributed by atoms with van der Waals surface area (Å²) in [4.78, 5) is 22.2. The number of rotatable bonds is 7. The molecule has 1 N–H and O–H groups in total. The van der Waals surface area contributed by atoms with Gasteiger partial charge in [-0.1, -0.05) is 35.6 Å². The fourth-order valence-electron chi connectivity index (χ4n) is 1.86. The number of benzene rings is 1. The average Bonchev–Trinajstić information content (AvgIpc) is 3.03. The van der Waals surface area contributed by atoms with E-state index in [-0.39, 0.29) is 23.0 Å². The Hall–Kier alpha value is -2.46. The molecule has 0 bridgehead atoms. The van der Waals surface area contributed by atoms with E-state index in [4.69, 9.17) is 0 Å². The molecule has 0 fully saturated rings. The number of nitro groups is 1. The largest absolute Gasteiger partial charge is 0.411 e. The van der Waals surface area contributed by atoms with Crippen molar-refractivity contribution in [3.05, 3.63) is 62.5 Å². The van der Waals surface area contributed by atoms with Gasteiger partial charge in [-0.25, -0.2) is 0 Å². The molecule has 10 heteroatoms. The molecule has 1 aromatic heterocycles. The van der Waals surface area contributed by atoms with E-state index in [9.17, 15) is 28.1 Å². The molecule has 0 unspecified atom stereocenters. The zero-order valence-electron chi connectivity index (χ0n) is 12.7. The minimum Gasteiger partial charge on any atom is -0.367 e. The predicted molar refractivity (Wildman–Crippen MR) is 84.3 cm³/mol. The van der Waals surface area contributed by atoms with Crippen LogP contribution in [0, 0.1) is 10.1 Å². The maximum atomic E-state index is 12.0. The van der Waals surface area contributed by atoms with Crippen LogP contribution in [0.25, 0.3) is 0 Å². The van der Waals surface area contributed by atoms with Crippen molar-refractivity contribution >= 4 is 22.2 Å². The van der Waals surface area contributed by atoms with Crippen molar-refractivity contribution in [3.63, 3.8) is 0 Å². The first kappa shape index (κ1) is 18.9. The lowest BCUT2D eigenvalue weighted by molar-refractivity contribution is -0.380. The molecule has 0 aliphatic rings. The Morgan fingerprint density at radius 1 is 1.16 bits per heavy atom. The van der Waals surface area contributed by atoms with Crippen molar-refractivity contribution in [2.24, 2.45) is 0 Å². The number of hydrogen-bond donors (Lipinski definition) is 1. The van der Waals surface area contributed by atoms with Crippen LogP contribution in [0.3, 0.4) is 0 Å². The summed E-state index contributed by atoms with van der Waals surface area (Å²) >= 11 is 0.778. The Bertz CT molecular complexity index is 744. The molecule has 1 heterocycles. The van der Waals surface area contributed by atoms with Gasteiger partial charge in [0, 0.05) is 12.6 Å². The number of ether oxygens (including phenoxy) is 1. The van der Waals surface area contributed by atoms with Crippen molar-refractivity contribution in [3.8, 4) is 0 Å². The van der Waals surface area contributed by atoms with E-state index in [1.54, 1.807) is 24.3 Å². The molecule has 2 rings (SSSR count). The molecule has 1 aromatic carbocycles. The molecule has 0 saturated heterocycles. The van der Waals surface area contributed by atoms with E-state index >= 15 is 0 Å². The summed E-state index contributed by atoms with van der Waals surface area (Å²) in [6.45, 7) is -1.28. The van der Waals surface area contributed by atoms with Crippen LogP contribution in [-0.2, 0) is 17.9 Å². The third-order valence-corrected chi connectivity index (χ3v) is 4.04. The molecule has 25 heavy (non-hydrogen) atoms. The molecule has 134 valence electrons. The van der Waals surface area contributed by atoms with E-state index < -0.39 is 23.6 Å². The van der Waals surface area contributed by atoms with Crippen LogP contribution in [0.1, 0.15) is 20.8 Å². The molecule has 2 aromatic rings. The van der Waals surface area contributed by atoms with E-state index in [1.807, 2.05) is 0 Å². The number of thiophene rings is 1. The second-order valence-electron chi connectivity index (χ2n) is 5.00. The summed E-state index contributed by atoms with van der Waals surface area (Å²) in [5.41, 5.74) is 1.31. The minimum atomic E-state index is -4.36. The summed E-state index contributed by atoms with van der Waals surface area (Å²) in [5, 5.41) is 13.1. The molecular weight excluding hydrogens is 361 g/mol. The molecule has 6 nitrogen and oxygen atoms in total. The molecular formula is C15H13F3N2O4S. The smallest absolute Gasteiger partial charge is 0.367 e. The third kappa shape index (κ3) is 6.16. The topological polar surface area (TPSA) is 81.5 Å². The fourth-order valence-corrected chi connectivity index (χ4v) is 2.59. The van der Waals surface area contributed by atoms with E-state index in [0.29, 0.717) is 5.56 Å². The van der Waals surface area contributed by atoms with Crippen LogP contribution in [0.4, 0.5) is 18.2 Å². The molecule has 0 aliphatic heterocycles. The van der Waals surface area contributed by atoms with Crippen molar-refractivity contribution in [2.75, 3.05) is 6.61 Å². The Morgan fingerprint density at radius 2 is 1.80 bits per heavy atom. The summed E-state index contributed by atoms with van der Waals surface area (Å²) in [6, 6.07) is 9.16. The highest BCUT2D eigenvalue weighted by molar-refractivity contribution is 7.17. The van der Waals surface area contributed by atoms with Crippen LogP contribution in [-0.4, -0.2) is 23.6 Å². The number of nitrogens with one attached hydrogen (secondary N) is 1. The van der Waals surface area contributed by atoms with Crippen LogP contribution in [0.5, 0.6) is 0 Å². The first-order valence-electron chi connectivity index (χ1n) is 6.99. The van der Waals surface area contributed by atoms with Gasteiger partial charge >= 0.3 is 11.2 Å². The number of carbonyl (C=O) groups excluding carboxylic acids is 1. The van der Waals surface area contributed by atoms with Gasteiger partial charge in [-0.2, -0.15) is 13.2 Å². The zero-order chi connectivity index (χ0) is 18.4. The summed E-state index contributed by atoms with van der Waals surface area (Å²) in [6.07, 6.45) is -4.36. The molecule has 0 aliphatic carbocycles. The summed E-state index contributed by atoms with van der Waals surface area (Å²) in [5.74, 6) is -0.435. The Balaban J connectivity index is 1.82. The van der Waals surface area contributed by atoms with Gasteiger partial charge in [-0.3, -0.25) is 14.9 Å². The molecule has 0 radical (unpaired) electrons. The molecule has 1 amide bonds. The van der Waals surface area contributed by atoms with Crippen molar-refractivity contribution < 1.29 is 27.6 Å². The van der Waals surface area contributed by atoms with E-state index in [2.05, 4.69) is 10.1 Å². The van der Waals surface area contributed by atoms with E-state index in [0.717, 1.165) is 16.9 Å². The van der Waals surface area contributed by atoms with Gasteiger partial charge in [0.15, 0.2) is 0 Å². The van der Waals surface area contributed by atoms with Gasteiger partial charge in [0.25, 0.3) is 5.91 Å². The van der Waals surface area contributed by atoms with Gasteiger partial charge in [0.2, 0.25) is 0 Å². The van der Waals surface area contributed by atoms with E-state index in [1.165, 1.54) is 12.1 Å². The number of nitrogens with zero attached hydrogens (tertiary/aromatic N) is 1. The van der Waals surface area contributed by atoms with Gasteiger partial charge in [-0.05, 0) is 17.2 Å². The Labute approximate surface area is 144 Å². The number of amides is 1. The second-order valence-corrected chi connectivity index (χ2v) is 6.06. The SMILES string of the molecule is O=C(NCc1ccc(COCC(F)(F)F)cc1)c1ccc([N+](=O)[O-])s1. The predicted octanol–water partition coefficient (Wildman–Crippen LogP) is 3.67. The maximum absolute atomic E-state index is 12.0. The Morgan fingerprint density at radius 3 is 2.36 bits per heavy atom. The molecule has 0 spiro atoms.